The van der Waals surface area contributed by atoms with Gasteiger partial charge in [0, 0.05) is 56.3 Å². The minimum atomic E-state index is -3.59. The molecule has 1 atom stereocenters. The van der Waals surface area contributed by atoms with Gasteiger partial charge in [0.25, 0.3) is 5.69 Å². The summed E-state index contributed by atoms with van der Waals surface area (Å²) < 4.78 is 38.1. The average Bonchev–Trinajstić information content (AvgIpc) is 2.97. The summed E-state index contributed by atoms with van der Waals surface area (Å²) in [7, 11) is -2.37. The van der Waals surface area contributed by atoms with Gasteiger partial charge in [-0.25, -0.2) is 18.0 Å². The SMILES string of the molecule is COC(=O)C1=C(C)NC(C)=C(C(=O)OCCN2CCN(S(=O)(=O)c3ccc(C)cc3)CC2)[C@@H]1c1cccc([N+](=O)[O-])c1. The van der Waals surface area contributed by atoms with Crippen molar-refractivity contribution in [2.24, 2.45) is 0 Å². The van der Waals surface area contributed by atoms with E-state index in [0.29, 0.717) is 49.7 Å². The fourth-order valence-corrected chi connectivity index (χ4v) is 6.62. The van der Waals surface area contributed by atoms with Crippen molar-refractivity contribution in [1.29, 1.82) is 0 Å². The second kappa shape index (κ2) is 12.8. The van der Waals surface area contributed by atoms with Crippen LogP contribution in [0.5, 0.6) is 0 Å². The Balaban J connectivity index is 1.44. The van der Waals surface area contributed by atoms with E-state index in [0.717, 1.165) is 5.56 Å². The van der Waals surface area contributed by atoms with Crippen molar-refractivity contribution >= 4 is 27.6 Å². The van der Waals surface area contributed by atoms with Crippen LogP contribution in [0.25, 0.3) is 0 Å². The molecule has 0 unspecified atom stereocenters. The third-order valence-corrected chi connectivity index (χ3v) is 9.34. The van der Waals surface area contributed by atoms with Crippen LogP contribution in [0.4, 0.5) is 5.69 Å². The van der Waals surface area contributed by atoms with Crippen LogP contribution < -0.4 is 5.32 Å². The Hall–Kier alpha value is -4.07. The highest BCUT2D eigenvalue weighted by atomic mass is 32.2. The minimum Gasteiger partial charge on any atom is -0.466 e. The molecule has 0 radical (unpaired) electrons. The summed E-state index contributed by atoms with van der Waals surface area (Å²) in [5.74, 6) is -2.29. The molecule has 0 aliphatic carbocycles. The fourth-order valence-electron chi connectivity index (χ4n) is 5.19. The zero-order chi connectivity index (χ0) is 30.6. The number of benzene rings is 2. The summed E-state index contributed by atoms with van der Waals surface area (Å²) in [4.78, 5) is 39.4. The molecule has 0 aromatic heterocycles. The second-order valence-corrected chi connectivity index (χ2v) is 12.1. The van der Waals surface area contributed by atoms with E-state index in [1.54, 1.807) is 44.2 Å². The van der Waals surface area contributed by atoms with E-state index in [9.17, 15) is 28.1 Å². The number of rotatable bonds is 9. The molecule has 2 aliphatic rings. The lowest BCUT2D eigenvalue weighted by Gasteiger charge is -2.34. The van der Waals surface area contributed by atoms with Gasteiger partial charge >= 0.3 is 11.9 Å². The molecule has 13 heteroatoms. The van der Waals surface area contributed by atoms with Gasteiger partial charge in [-0.2, -0.15) is 4.31 Å². The van der Waals surface area contributed by atoms with Gasteiger partial charge in [0.05, 0.1) is 34.0 Å². The quantitative estimate of drug-likeness (QED) is 0.259. The van der Waals surface area contributed by atoms with E-state index in [1.807, 2.05) is 11.8 Å². The number of piperazine rings is 1. The number of hydrogen-bond acceptors (Lipinski definition) is 10. The predicted octanol–water partition coefficient (Wildman–Crippen LogP) is 2.86. The van der Waals surface area contributed by atoms with Crippen LogP contribution in [0.15, 0.2) is 76.0 Å². The minimum absolute atomic E-state index is 0.0260. The molecule has 1 N–H and O–H groups in total. The third-order valence-electron chi connectivity index (χ3n) is 7.43. The molecule has 42 heavy (non-hydrogen) atoms. The zero-order valence-corrected chi connectivity index (χ0v) is 24.8. The first-order chi connectivity index (χ1) is 19.9. The van der Waals surface area contributed by atoms with Crippen LogP contribution in [0.1, 0.15) is 30.9 Å². The van der Waals surface area contributed by atoms with Crippen LogP contribution in [0.2, 0.25) is 0 Å². The molecule has 1 saturated heterocycles. The van der Waals surface area contributed by atoms with Crippen LogP contribution in [0, 0.1) is 17.0 Å². The van der Waals surface area contributed by atoms with E-state index in [4.69, 9.17) is 9.47 Å². The number of carbonyl (C=O) groups excluding carboxylic acids is 2. The number of methoxy groups -OCH3 is 1. The molecule has 2 aromatic carbocycles. The first kappa shape index (κ1) is 30.9. The van der Waals surface area contributed by atoms with Gasteiger partial charge in [-0.1, -0.05) is 29.8 Å². The van der Waals surface area contributed by atoms with Gasteiger partial charge in [-0.05, 0) is 38.5 Å². The Kier molecular flexibility index (Phi) is 9.44. The summed E-state index contributed by atoms with van der Waals surface area (Å²) >= 11 is 0. The molecule has 0 bridgehead atoms. The van der Waals surface area contributed by atoms with Gasteiger partial charge in [-0.3, -0.25) is 15.0 Å². The first-order valence-electron chi connectivity index (χ1n) is 13.4. The predicted molar refractivity (Wildman–Crippen MR) is 154 cm³/mol. The molecule has 4 rings (SSSR count). The monoisotopic (exact) mass is 598 g/mol. The Morgan fingerprint density at radius 1 is 0.976 bits per heavy atom. The molecule has 0 saturated carbocycles. The van der Waals surface area contributed by atoms with Gasteiger partial charge in [0.15, 0.2) is 0 Å². The number of nitro groups is 1. The van der Waals surface area contributed by atoms with E-state index in [-0.39, 0.29) is 28.3 Å². The molecular weight excluding hydrogens is 564 g/mol. The van der Waals surface area contributed by atoms with Crippen LogP contribution in [-0.2, 0) is 29.1 Å². The van der Waals surface area contributed by atoms with Crippen molar-refractivity contribution in [2.75, 3.05) is 46.4 Å². The number of dihydropyridines is 1. The standard InChI is InChI=1S/C29H34N4O8S/c1-19-8-10-24(11-9-19)42(38,39)32-14-12-31(13-15-32)16-17-41-29(35)26-21(3)30-20(2)25(28(34)40-4)27(26)22-6-5-7-23(18-22)33(36)37/h5-11,18,27,30H,12-17H2,1-4H3/t27-/m1/s1. The molecule has 2 heterocycles. The molecule has 1 fully saturated rings. The molecule has 12 nitrogen and oxygen atoms in total. The number of nitrogens with one attached hydrogen (secondary N) is 1. The number of allylic oxidation sites excluding steroid dienone is 2. The lowest BCUT2D eigenvalue weighted by atomic mass is 9.80. The maximum atomic E-state index is 13.4. The van der Waals surface area contributed by atoms with Crippen molar-refractivity contribution in [3.8, 4) is 0 Å². The number of non-ortho nitro benzene ring substituents is 1. The summed E-state index contributed by atoms with van der Waals surface area (Å²) in [6.07, 6.45) is 0. The Morgan fingerprint density at radius 3 is 2.19 bits per heavy atom. The third kappa shape index (κ3) is 6.53. The largest absolute Gasteiger partial charge is 0.466 e. The van der Waals surface area contributed by atoms with Crippen molar-refractivity contribution in [3.05, 3.63) is 92.3 Å². The van der Waals surface area contributed by atoms with Gasteiger partial charge < -0.3 is 14.8 Å². The lowest BCUT2D eigenvalue weighted by molar-refractivity contribution is -0.384. The second-order valence-electron chi connectivity index (χ2n) is 10.2. The fraction of sp³-hybridized carbons (Fsp3) is 0.379. The molecule has 0 spiro atoms. The van der Waals surface area contributed by atoms with Crippen molar-refractivity contribution in [2.45, 2.75) is 31.6 Å². The number of nitrogens with zero attached hydrogens (tertiary/aromatic N) is 3. The maximum Gasteiger partial charge on any atom is 0.336 e. The van der Waals surface area contributed by atoms with E-state index in [1.165, 1.54) is 29.6 Å². The highest BCUT2D eigenvalue weighted by molar-refractivity contribution is 7.89. The van der Waals surface area contributed by atoms with Gasteiger partial charge in [0.1, 0.15) is 6.61 Å². The summed E-state index contributed by atoms with van der Waals surface area (Å²) in [6.45, 7) is 7.19. The number of nitro benzene ring substituents is 1. The normalized spacial score (nSPS) is 18.4. The highest BCUT2D eigenvalue weighted by Crippen LogP contribution is 2.40. The molecule has 0 amide bonds. The first-order valence-corrected chi connectivity index (χ1v) is 14.9. The van der Waals surface area contributed by atoms with Crippen molar-refractivity contribution < 1.29 is 32.4 Å². The number of carbonyl (C=O) groups is 2. The number of hydrogen-bond donors (Lipinski definition) is 1. The van der Waals surface area contributed by atoms with Gasteiger partial charge in [0.2, 0.25) is 10.0 Å². The van der Waals surface area contributed by atoms with Crippen LogP contribution >= 0.6 is 0 Å². The molecule has 2 aromatic rings. The zero-order valence-electron chi connectivity index (χ0n) is 24.0. The van der Waals surface area contributed by atoms with Crippen molar-refractivity contribution in [3.63, 3.8) is 0 Å². The topological polar surface area (TPSA) is 148 Å². The summed E-state index contributed by atoms with van der Waals surface area (Å²) in [5.41, 5.74) is 2.40. The van der Waals surface area contributed by atoms with Crippen LogP contribution in [0.3, 0.4) is 0 Å². The van der Waals surface area contributed by atoms with Crippen LogP contribution in [-0.4, -0.2) is 80.9 Å². The molecule has 2 aliphatic heterocycles. The maximum absolute atomic E-state index is 13.4. The average molecular weight is 599 g/mol. The number of aryl methyl sites for hydroxylation is 1. The van der Waals surface area contributed by atoms with E-state index in [2.05, 4.69) is 5.32 Å². The van der Waals surface area contributed by atoms with E-state index >= 15 is 0 Å². The number of esters is 2. The Morgan fingerprint density at radius 2 is 1.60 bits per heavy atom. The summed E-state index contributed by atoms with van der Waals surface area (Å²) in [6, 6.07) is 12.5. The Bertz CT molecular complexity index is 1540. The number of sulfonamides is 1. The highest BCUT2D eigenvalue weighted by Gasteiger charge is 2.38. The number of ether oxygens (including phenoxy) is 2. The molecule has 224 valence electrons. The molecular formula is C29H34N4O8S. The van der Waals surface area contributed by atoms with Crippen molar-refractivity contribution in [1.82, 2.24) is 14.5 Å². The Labute approximate surface area is 244 Å². The van der Waals surface area contributed by atoms with Gasteiger partial charge in [-0.15, -0.1) is 0 Å². The smallest absolute Gasteiger partial charge is 0.336 e. The summed E-state index contributed by atoms with van der Waals surface area (Å²) in [5, 5.41) is 14.5. The lowest BCUT2D eigenvalue weighted by Crippen LogP contribution is -2.49. The van der Waals surface area contributed by atoms with E-state index < -0.39 is 32.8 Å².